The van der Waals surface area contributed by atoms with Crippen molar-refractivity contribution in [2.24, 2.45) is 0 Å². The molecular formula is C34H46N8O4. The third-order valence-corrected chi connectivity index (χ3v) is 9.46. The van der Waals surface area contributed by atoms with E-state index in [0.717, 1.165) is 88.9 Å². The van der Waals surface area contributed by atoms with Gasteiger partial charge in [0.2, 0.25) is 5.95 Å². The van der Waals surface area contributed by atoms with E-state index in [1.54, 1.807) is 17.7 Å². The Labute approximate surface area is 270 Å². The number of aryl methyl sites for hydroxylation is 1. The number of pyridine rings is 2. The number of anilines is 2. The van der Waals surface area contributed by atoms with Gasteiger partial charge in [-0.05, 0) is 71.1 Å². The van der Waals surface area contributed by atoms with Gasteiger partial charge in [0, 0.05) is 75.7 Å². The number of aromatic nitrogens is 4. The van der Waals surface area contributed by atoms with Gasteiger partial charge < -0.3 is 15.0 Å². The Hall–Kier alpha value is -3.90. The largest absolute Gasteiger partial charge is 0.444 e. The number of fused-ring (bicyclic) bond motifs is 1. The number of hydrogen-bond acceptors (Lipinski definition) is 10. The maximum Gasteiger partial charge on any atom is 0.410 e. The molecule has 1 N–H and O–H groups in total. The van der Waals surface area contributed by atoms with Crippen LogP contribution in [0.4, 0.5) is 16.6 Å². The molecule has 1 aliphatic carbocycles. The zero-order valence-corrected chi connectivity index (χ0v) is 27.7. The van der Waals surface area contributed by atoms with Crippen LogP contribution < -0.4 is 10.9 Å². The number of carbonyl (C=O) groups excluding carboxylic acids is 2. The summed E-state index contributed by atoms with van der Waals surface area (Å²) in [7, 11) is 0. The Morgan fingerprint density at radius 1 is 0.978 bits per heavy atom. The highest BCUT2D eigenvalue weighted by Crippen LogP contribution is 2.32. The van der Waals surface area contributed by atoms with Crippen molar-refractivity contribution in [3.05, 3.63) is 51.6 Å². The topological polar surface area (TPSA) is 126 Å². The molecule has 0 radical (unpaired) electrons. The molecule has 5 heterocycles. The van der Waals surface area contributed by atoms with Gasteiger partial charge in [-0.25, -0.2) is 14.8 Å². The number of amides is 1. The molecule has 12 nitrogen and oxygen atoms in total. The molecule has 3 aliphatic rings. The molecule has 3 aromatic rings. The second-order valence-corrected chi connectivity index (χ2v) is 14.0. The van der Waals surface area contributed by atoms with Crippen LogP contribution in [0.5, 0.6) is 0 Å². The van der Waals surface area contributed by atoms with Crippen LogP contribution in [-0.4, -0.2) is 97.0 Å². The fourth-order valence-corrected chi connectivity index (χ4v) is 7.09. The molecule has 0 aromatic carbocycles. The average Bonchev–Trinajstić information content (AvgIpc) is 3.71. The Bertz CT molecular complexity index is 1650. The molecule has 246 valence electrons. The zero-order valence-electron chi connectivity index (χ0n) is 27.7. The molecular weight excluding hydrogens is 584 g/mol. The lowest BCUT2D eigenvalue weighted by atomic mass is 10.0. The third-order valence-electron chi connectivity index (χ3n) is 9.46. The van der Waals surface area contributed by atoms with Gasteiger partial charge in [-0.1, -0.05) is 18.9 Å². The number of hydrogen-bond donors (Lipinski definition) is 1. The zero-order chi connectivity index (χ0) is 32.6. The van der Waals surface area contributed by atoms with Gasteiger partial charge in [-0.2, -0.15) is 4.98 Å². The molecule has 12 heteroatoms. The first kappa shape index (κ1) is 32.1. The summed E-state index contributed by atoms with van der Waals surface area (Å²) in [4.78, 5) is 59.1. The second-order valence-electron chi connectivity index (χ2n) is 14.0. The summed E-state index contributed by atoms with van der Waals surface area (Å²) in [6.07, 6.45) is 8.25. The van der Waals surface area contributed by atoms with E-state index in [1.807, 2.05) is 37.9 Å². The van der Waals surface area contributed by atoms with Gasteiger partial charge in [0.05, 0.1) is 5.56 Å². The Morgan fingerprint density at radius 3 is 2.37 bits per heavy atom. The van der Waals surface area contributed by atoms with Crippen molar-refractivity contribution in [2.75, 3.05) is 44.6 Å². The van der Waals surface area contributed by atoms with Crippen molar-refractivity contribution < 1.29 is 14.3 Å². The highest BCUT2D eigenvalue weighted by Gasteiger charge is 2.34. The number of nitrogens with zero attached hydrogens (tertiary/aromatic N) is 7. The molecule has 0 bridgehead atoms. The van der Waals surface area contributed by atoms with Crippen molar-refractivity contribution >= 4 is 34.7 Å². The summed E-state index contributed by atoms with van der Waals surface area (Å²) in [6.45, 7) is 15.1. The maximum absolute atomic E-state index is 13.5. The average molecular weight is 631 g/mol. The van der Waals surface area contributed by atoms with E-state index in [1.165, 1.54) is 6.92 Å². The molecule has 2 aliphatic heterocycles. The number of ketones is 1. The lowest BCUT2D eigenvalue weighted by Crippen LogP contribution is -2.51. The number of likely N-dealkylation sites (tertiary alicyclic amines) is 1. The number of Topliss-reactive ketones (excluding diaryl/α,β-unsaturated/α-hetero) is 1. The third kappa shape index (κ3) is 6.92. The minimum atomic E-state index is -0.476. The monoisotopic (exact) mass is 630 g/mol. The van der Waals surface area contributed by atoms with Gasteiger partial charge in [0.15, 0.2) is 5.78 Å². The predicted octanol–water partition coefficient (Wildman–Crippen LogP) is 4.68. The quantitative estimate of drug-likeness (QED) is 0.368. The van der Waals surface area contributed by atoms with Crippen LogP contribution in [0.3, 0.4) is 0 Å². The van der Waals surface area contributed by atoms with Crippen molar-refractivity contribution in [1.82, 2.24) is 34.2 Å². The summed E-state index contributed by atoms with van der Waals surface area (Å²) < 4.78 is 7.28. The lowest BCUT2D eigenvalue weighted by Gasteiger charge is -2.38. The van der Waals surface area contributed by atoms with Crippen molar-refractivity contribution in [3.63, 3.8) is 0 Å². The summed E-state index contributed by atoms with van der Waals surface area (Å²) in [5.41, 5.74) is 1.80. The van der Waals surface area contributed by atoms with Crippen LogP contribution >= 0.6 is 0 Å². The van der Waals surface area contributed by atoms with Crippen LogP contribution in [0.15, 0.2) is 29.3 Å². The van der Waals surface area contributed by atoms with E-state index >= 15 is 0 Å². The van der Waals surface area contributed by atoms with E-state index in [-0.39, 0.29) is 29.0 Å². The van der Waals surface area contributed by atoms with E-state index in [9.17, 15) is 14.4 Å². The van der Waals surface area contributed by atoms with Crippen molar-refractivity contribution in [3.8, 4) is 0 Å². The summed E-state index contributed by atoms with van der Waals surface area (Å²) in [5.74, 6) is 0.752. The fraction of sp³-hybridized carbons (Fsp3) is 0.588. The van der Waals surface area contributed by atoms with E-state index in [0.29, 0.717) is 29.0 Å². The normalized spacial score (nSPS) is 20.0. The van der Waals surface area contributed by atoms with Gasteiger partial charge in [0.25, 0.3) is 5.56 Å². The van der Waals surface area contributed by atoms with Gasteiger partial charge in [-0.3, -0.25) is 24.0 Å². The van der Waals surface area contributed by atoms with Gasteiger partial charge >= 0.3 is 6.09 Å². The lowest BCUT2D eigenvalue weighted by molar-refractivity contribution is 0.0268. The molecule has 2 saturated heterocycles. The van der Waals surface area contributed by atoms with Crippen LogP contribution in [0, 0.1) is 6.92 Å². The molecule has 46 heavy (non-hydrogen) atoms. The molecule has 6 rings (SSSR count). The number of piperazine rings is 1. The Morgan fingerprint density at radius 2 is 1.72 bits per heavy atom. The van der Waals surface area contributed by atoms with E-state index in [4.69, 9.17) is 9.72 Å². The predicted molar refractivity (Wildman–Crippen MR) is 177 cm³/mol. The van der Waals surface area contributed by atoms with Crippen molar-refractivity contribution in [1.29, 1.82) is 0 Å². The number of rotatable bonds is 7. The smallest absolute Gasteiger partial charge is 0.410 e. The summed E-state index contributed by atoms with van der Waals surface area (Å²) >= 11 is 0. The van der Waals surface area contributed by atoms with Gasteiger partial charge in [-0.15, -0.1) is 0 Å². The summed E-state index contributed by atoms with van der Waals surface area (Å²) in [6, 6.07) is 4.40. The van der Waals surface area contributed by atoms with Crippen LogP contribution in [0.25, 0.3) is 11.0 Å². The van der Waals surface area contributed by atoms with Crippen molar-refractivity contribution in [2.45, 2.75) is 91.0 Å². The van der Waals surface area contributed by atoms with E-state index in [2.05, 4.69) is 31.2 Å². The van der Waals surface area contributed by atoms with Crippen LogP contribution in [0.2, 0.25) is 0 Å². The summed E-state index contributed by atoms with van der Waals surface area (Å²) in [5, 5.41) is 3.93. The first-order valence-corrected chi connectivity index (χ1v) is 16.6. The molecule has 1 amide bonds. The Balaban J connectivity index is 1.07. The first-order chi connectivity index (χ1) is 22.0. The minimum Gasteiger partial charge on any atom is -0.444 e. The second kappa shape index (κ2) is 13.1. The number of carbonyl (C=O) groups is 2. The Kier molecular flexibility index (Phi) is 9.11. The molecule has 0 spiro atoms. The molecule has 1 saturated carbocycles. The molecule has 3 fully saturated rings. The fourth-order valence-electron chi connectivity index (χ4n) is 7.09. The van der Waals surface area contributed by atoms with E-state index < -0.39 is 5.60 Å². The van der Waals surface area contributed by atoms with Crippen LogP contribution in [0.1, 0.15) is 87.3 Å². The first-order valence-electron chi connectivity index (χ1n) is 16.6. The number of nitrogens with one attached hydrogen (secondary N) is 1. The minimum absolute atomic E-state index is 0.0285. The van der Waals surface area contributed by atoms with Gasteiger partial charge in [0.1, 0.15) is 17.1 Å². The SMILES string of the molecule is CC(=O)c1c(C)c2cnc(Nc3ccc(CN4CCN(C5CCN(C(=O)OC(C)(C)C)C5)CC4)cn3)nc2n(C2CCCC2)c1=O. The number of ether oxygens (including phenoxy) is 1. The molecule has 1 atom stereocenters. The maximum atomic E-state index is 13.5. The highest BCUT2D eigenvalue weighted by atomic mass is 16.6. The molecule has 1 unspecified atom stereocenters. The highest BCUT2D eigenvalue weighted by molar-refractivity contribution is 5.99. The van der Waals surface area contributed by atoms with Crippen LogP contribution in [-0.2, 0) is 11.3 Å². The molecule has 3 aromatic heterocycles. The standard InChI is InChI=1S/C34H46N8O4/c1-22-27-19-36-32(38-30(27)42(25-8-6-7-9-25)31(44)29(22)23(2)43)37-28-11-10-24(18-35-28)20-39-14-16-40(17-15-39)26-12-13-41(21-26)33(45)46-34(3,4)5/h10-11,18-19,25-26H,6-9,12-17,20-21H2,1-5H3,(H,35,36,37,38).